The van der Waals surface area contributed by atoms with Gasteiger partial charge < -0.3 is 10.2 Å². The van der Waals surface area contributed by atoms with Gasteiger partial charge in [-0.2, -0.15) is 0 Å². The van der Waals surface area contributed by atoms with Gasteiger partial charge in [0.1, 0.15) is 0 Å². The van der Waals surface area contributed by atoms with Crippen LogP contribution in [0.5, 0.6) is 0 Å². The van der Waals surface area contributed by atoms with E-state index in [2.05, 4.69) is 71.2 Å². The van der Waals surface area contributed by atoms with Crippen molar-refractivity contribution in [1.82, 2.24) is 15.2 Å². The van der Waals surface area contributed by atoms with E-state index in [9.17, 15) is 0 Å². The van der Waals surface area contributed by atoms with Crippen LogP contribution in [0.2, 0.25) is 0 Å². The summed E-state index contributed by atoms with van der Waals surface area (Å²) in [5, 5.41) is 4.70. The molecule has 24 heavy (non-hydrogen) atoms. The van der Waals surface area contributed by atoms with Crippen molar-refractivity contribution in [2.24, 2.45) is 0 Å². The number of benzene rings is 1. The number of hydrogen-bond acceptors (Lipinski definition) is 5. The van der Waals surface area contributed by atoms with Crippen molar-refractivity contribution in [2.45, 2.75) is 39.4 Å². The SMILES string of the molecule is CC(C)(C)NCc1cnc(N2CCN(Cc3ccccc3)CC2)s1. The molecule has 0 aliphatic carbocycles. The maximum absolute atomic E-state index is 4.64. The Labute approximate surface area is 149 Å². The van der Waals surface area contributed by atoms with Crippen LogP contribution in [-0.4, -0.2) is 41.6 Å². The molecule has 0 spiro atoms. The minimum absolute atomic E-state index is 0.146. The lowest BCUT2D eigenvalue weighted by Crippen LogP contribution is -2.45. The summed E-state index contributed by atoms with van der Waals surface area (Å²) in [4.78, 5) is 10.9. The van der Waals surface area contributed by atoms with E-state index in [0.29, 0.717) is 0 Å². The second-order valence-electron chi connectivity index (χ2n) is 7.46. The van der Waals surface area contributed by atoms with Crippen molar-refractivity contribution in [2.75, 3.05) is 31.1 Å². The van der Waals surface area contributed by atoms with Gasteiger partial charge in [-0.05, 0) is 26.3 Å². The first-order valence-corrected chi connectivity index (χ1v) is 9.52. The summed E-state index contributed by atoms with van der Waals surface area (Å²) in [6.07, 6.45) is 2.02. The summed E-state index contributed by atoms with van der Waals surface area (Å²) < 4.78 is 0. The lowest BCUT2D eigenvalue weighted by molar-refractivity contribution is 0.250. The number of aromatic nitrogens is 1. The fourth-order valence-electron chi connectivity index (χ4n) is 2.82. The molecular weight excluding hydrogens is 316 g/mol. The Balaban J connectivity index is 1.49. The molecule has 1 aromatic carbocycles. The second kappa shape index (κ2) is 7.64. The first kappa shape index (κ1) is 17.4. The van der Waals surface area contributed by atoms with Gasteiger partial charge in [0.2, 0.25) is 0 Å². The Hall–Kier alpha value is -1.43. The van der Waals surface area contributed by atoms with E-state index in [0.717, 1.165) is 39.3 Å². The Kier molecular flexibility index (Phi) is 5.54. The maximum Gasteiger partial charge on any atom is 0.185 e. The number of thiazole rings is 1. The number of anilines is 1. The largest absolute Gasteiger partial charge is 0.346 e. The summed E-state index contributed by atoms with van der Waals surface area (Å²) in [7, 11) is 0. The predicted octanol–water partition coefficient (Wildman–Crippen LogP) is 3.35. The van der Waals surface area contributed by atoms with Crippen molar-refractivity contribution < 1.29 is 0 Å². The third-order valence-electron chi connectivity index (χ3n) is 4.23. The Morgan fingerprint density at radius 3 is 2.46 bits per heavy atom. The maximum atomic E-state index is 4.64. The van der Waals surface area contributed by atoms with Crippen LogP contribution in [0.1, 0.15) is 31.2 Å². The van der Waals surface area contributed by atoms with E-state index in [1.165, 1.54) is 15.6 Å². The molecule has 5 heteroatoms. The monoisotopic (exact) mass is 344 g/mol. The van der Waals surface area contributed by atoms with Crippen molar-refractivity contribution in [3.63, 3.8) is 0 Å². The van der Waals surface area contributed by atoms with Gasteiger partial charge in [-0.3, -0.25) is 4.90 Å². The van der Waals surface area contributed by atoms with Crippen LogP contribution in [0.15, 0.2) is 36.5 Å². The van der Waals surface area contributed by atoms with Crippen molar-refractivity contribution in [1.29, 1.82) is 0 Å². The first-order chi connectivity index (χ1) is 11.5. The van der Waals surface area contributed by atoms with Gasteiger partial charge in [-0.1, -0.05) is 30.3 Å². The highest BCUT2D eigenvalue weighted by Gasteiger charge is 2.19. The minimum atomic E-state index is 0.146. The summed E-state index contributed by atoms with van der Waals surface area (Å²) >= 11 is 1.82. The van der Waals surface area contributed by atoms with Gasteiger partial charge >= 0.3 is 0 Å². The van der Waals surface area contributed by atoms with Crippen LogP contribution in [0.4, 0.5) is 5.13 Å². The van der Waals surface area contributed by atoms with Crippen LogP contribution in [0.3, 0.4) is 0 Å². The standard InChI is InChI=1S/C19H28N4S/c1-19(2,3)21-14-17-13-20-18(24-17)23-11-9-22(10-12-23)15-16-7-5-4-6-8-16/h4-8,13,21H,9-12,14-15H2,1-3H3. The zero-order chi connectivity index (χ0) is 17.0. The van der Waals surface area contributed by atoms with E-state index >= 15 is 0 Å². The van der Waals surface area contributed by atoms with Gasteiger partial charge in [0.25, 0.3) is 0 Å². The second-order valence-corrected chi connectivity index (χ2v) is 8.56. The van der Waals surface area contributed by atoms with Crippen molar-refractivity contribution in [3.05, 3.63) is 47.0 Å². The fourth-order valence-corrected chi connectivity index (χ4v) is 3.72. The van der Waals surface area contributed by atoms with E-state index in [1.807, 2.05) is 17.5 Å². The van der Waals surface area contributed by atoms with Crippen molar-refractivity contribution >= 4 is 16.5 Å². The molecular formula is C19H28N4S. The van der Waals surface area contributed by atoms with E-state index in [1.54, 1.807) is 0 Å². The van der Waals surface area contributed by atoms with Crippen molar-refractivity contribution in [3.8, 4) is 0 Å². The third kappa shape index (κ3) is 5.03. The normalized spacial score (nSPS) is 16.5. The van der Waals surface area contributed by atoms with E-state index in [4.69, 9.17) is 0 Å². The molecule has 0 radical (unpaired) electrons. The zero-order valence-corrected chi connectivity index (χ0v) is 15.8. The highest BCUT2D eigenvalue weighted by atomic mass is 32.1. The number of nitrogens with one attached hydrogen (secondary N) is 1. The summed E-state index contributed by atoms with van der Waals surface area (Å²) in [6.45, 7) is 12.9. The van der Waals surface area contributed by atoms with Gasteiger partial charge in [-0.15, -0.1) is 11.3 Å². The molecule has 4 nitrogen and oxygen atoms in total. The lowest BCUT2D eigenvalue weighted by atomic mass is 10.1. The number of piperazine rings is 1. The lowest BCUT2D eigenvalue weighted by Gasteiger charge is -2.34. The molecule has 0 saturated carbocycles. The molecule has 1 aliphatic rings. The molecule has 2 heterocycles. The molecule has 0 atom stereocenters. The molecule has 130 valence electrons. The quantitative estimate of drug-likeness (QED) is 0.901. The Bertz CT molecular complexity index is 624. The number of hydrogen-bond donors (Lipinski definition) is 1. The molecule has 1 saturated heterocycles. The van der Waals surface area contributed by atoms with Crippen LogP contribution in [-0.2, 0) is 13.1 Å². The zero-order valence-electron chi connectivity index (χ0n) is 15.0. The van der Waals surface area contributed by atoms with Gasteiger partial charge in [0.05, 0.1) is 0 Å². The third-order valence-corrected chi connectivity index (χ3v) is 5.28. The highest BCUT2D eigenvalue weighted by molar-refractivity contribution is 7.15. The number of rotatable bonds is 5. The minimum Gasteiger partial charge on any atom is -0.346 e. The number of nitrogens with zero attached hydrogens (tertiary/aromatic N) is 3. The average Bonchev–Trinajstić information content (AvgIpc) is 3.03. The Morgan fingerprint density at radius 1 is 1.08 bits per heavy atom. The fraction of sp³-hybridized carbons (Fsp3) is 0.526. The molecule has 0 amide bonds. The van der Waals surface area contributed by atoms with Gasteiger partial charge in [0.15, 0.2) is 5.13 Å². The molecule has 2 aromatic rings. The van der Waals surface area contributed by atoms with Crippen LogP contribution in [0.25, 0.3) is 0 Å². The van der Waals surface area contributed by atoms with E-state index < -0.39 is 0 Å². The smallest absolute Gasteiger partial charge is 0.185 e. The van der Waals surface area contributed by atoms with Crippen LogP contribution in [0, 0.1) is 0 Å². The summed E-state index contributed by atoms with van der Waals surface area (Å²) in [6, 6.07) is 10.7. The molecule has 1 aliphatic heterocycles. The molecule has 1 fully saturated rings. The molecule has 3 rings (SSSR count). The first-order valence-electron chi connectivity index (χ1n) is 8.70. The molecule has 1 N–H and O–H groups in total. The van der Waals surface area contributed by atoms with Crippen LogP contribution >= 0.6 is 11.3 Å². The average molecular weight is 345 g/mol. The molecule has 1 aromatic heterocycles. The van der Waals surface area contributed by atoms with E-state index in [-0.39, 0.29) is 5.54 Å². The summed E-state index contributed by atoms with van der Waals surface area (Å²) in [5.41, 5.74) is 1.54. The highest BCUT2D eigenvalue weighted by Crippen LogP contribution is 2.24. The van der Waals surface area contributed by atoms with Gasteiger partial charge in [-0.25, -0.2) is 4.98 Å². The van der Waals surface area contributed by atoms with Crippen LogP contribution < -0.4 is 10.2 Å². The predicted molar refractivity (Wildman–Crippen MR) is 103 cm³/mol. The topological polar surface area (TPSA) is 31.4 Å². The molecule has 0 unspecified atom stereocenters. The molecule has 0 bridgehead atoms. The summed E-state index contributed by atoms with van der Waals surface area (Å²) in [5.74, 6) is 0. The van der Waals surface area contributed by atoms with Gasteiger partial charge in [0, 0.05) is 55.9 Å². The Morgan fingerprint density at radius 2 is 1.79 bits per heavy atom.